The van der Waals surface area contributed by atoms with Gasteiger partial charge in [0.1, 0.15) is 6.04 Å². The van der Waals surface area contributed by atoms with Crippen LogP contribution in [0, 0.1) is 0 Å². The number of methoxy groups -OCH3 is 1. The van der Waals surface area contributed by atoms with E-state index in [9.17, 15) is 5.11 Å². The topological polar surface area (TPSA) is 46.1 Å². The van der Waals surface area contributed by atoms with E-state index in [-0.39, 0.29) is 5.75 Å². The van der Waals surface area contributed by atoms with Crippen LogP contribution >= 0.6 is 0 Å². The third-order valence-corrected chi connectivity index (χ3v) is 2.87. The number of fused-ring (bicyclic) bond motifs is 1. The molecular weight excluding hydrogens is 178 g/mol. The number of hydrogen-bond donors (Lipinski definition) is 2. The van der Waals surface area contributed by atoms with Crippen LogP contribution in [0.15, 0.2) is 12.1 Å². The molecule has 3 nitrogen and oxygen atoms in total. The summed E-state index contributed by atoms with van der Waals surface area (Å²) in [4.78, 5) is 0. The quantitative estimate of drug-likeness (QED) is 0.687. The van der Waals surface area contributed by atoms with Crippen LogP contribution in [0.5, 0.6) is 11.5 Å². The number of phenolic OH excluding ortho intramolecular Hbond substituents is 1. The molecule has 2 rings (SSSR count). The van der Waals surface area contributed by atoms with Crippen LogP contribution in [0.3, 0.4) is 0 Å². The van der Waals surface area contributed by atoms with Gasteiger partial charge in [-0.2, -0.15) is 0 Å². The van der Waals surface area contributed by atoms with Gasteiger partial charge in [0, 0.05) is 12.0 Å². The number of nitrogens with two attached hydrogens (primary N) is 1. The highest BCUT2D eigenvalue weighted by molar-refractivity contribution is 5.47. The highest BCUT2D eigenvalue weighted by Gasteiger charge is 2.21. The summed E-state index contributed by atoms with van der Waals surface area (Å²) < 4.78 is 5.09. The van der Waals surface area contributed by atoms with E-state index in [2.05, 4.69) is 12.2 Å². The maximum Gasteiger partial charge on any atom is 0.160 e. The molecule has 1 aliphatic heterocycles. The predicted molar refractivity (Wildman–Crippen MR) is 53.6 cm³/mol. The van der Waals surface area contributed by atoms with E-state index in [0.29, 0.717) is 11.8 Å². The van der Waals surface area contributed by atoms with Gasteiger partial charge in [-0.3, -0.25) is 0 Å². The number of ether oxygens (including phenoxy) is 1. The second kappa shape index (κ2) is 3.50. The lowest BCUT2D eigenvalue weighted by atomic mass is 9.95. The Hall–Kier alpha value is -1.22. The summed E-state index contributed by atoms with van der Waals surface area (Å²) in [5.74, 6) is 0.825. The zero-order valence-corrected chi connectivity index (χ0v) is 8.58. The zero-order valence-electron chi connectivity index (χ0n) is 8.58. The SMILES string of the molecule is COc1cc2c(cc1O)[C@@H](C)[NH2+]CC2. The Morgan fingerprint density at radius 1 is 1.50 bits per heavy atom. The number of benzene rings is 1. The normalized spacial score (nSPS) is 20.3. The fourth-order valence-electron chi connectivity index (χ4n) is 2.05. The highest BCUT2D eigenvalue weighted by atomic mass is 16.5. The van der Waals surface area contributed by atoms with Crippen LogP contribution in [-0.4, -0.2) is 18.8 Å². The lowest BCUT2D eigenvalue weighted by Crippen LogP contribution is -2.86. The second-order valence-electron chi connectivity index (χ2n) is 3.79. The molecule has 1 aliphatic rings. The number of rotatable bonds is 1. The third kappa shape index (κ3) is 1.44. The van der Waals surface area contributed by atoms with Crippen molar-refractivity contribution < 1.29 is 15.2 Å². The summed E-state index contributed by atoms with van der Waals surface area (Å²) in [5.41, 5.74) is 2.53. The molecule has 0 amide bonds. The van der Waals surface area contributed by atoms with Crippen LogP contribution in [0.2, 0.25) is 0 Å². The third-order valence-electron chi connectivity index (χ3n) is 2.87. The Morgan fingerprint density at radius 3 is 3.00 bits per heavy atom. The van der Waals surface area contributed by atoms with Crippen molar-refractivity contribution in [2.45, 2.75) is 19.4 Å². The van der Waals surface area contributed by atoms with Gasteiger partial charge in [0.05, 0.1) is 13.7 Å². The van der Waals surface area contributed by atoms with Crippen molar-refractivity contribution >= 4 is 0 Å². The Kier molecular flexibility index (Phi) is 2.33. The van der Waals surface area contributed by atoms with Crippen LogP contribution in [0.25, 0.3) is 0 Å². The summed E-state index contributed by atoms with van der Waals surface area (Å²) >= 11 is 0. The van der Waals surface area contributed by atoms with E-state index < -0.39 is 0 Å². The van der Waals surface area contributed by atoms with Crippen molar-refractivity contribution in [3.8, 4) is 11.5 Å². The van der Waals surface area contributed by atoms with E-state index in [1.165, 1.54) is 11.1 Å². The van der Waals surface area contributed by atoms with Crippen molar-refractivity contribution in [2.24, 2.45) is 0 Å². The Balaban J connectivity index is 2.48. The van der Waals surface area contributed by atoms with Gasteiger partial charge >= 0.3 is 0 Å². The smallest absolute Gasteiger partial charge is 0.160 e. The minimum Gasteiger partial charge on any atom is -0.504 e. The molecule has 1 aromatic rings. The summed E-state index contributed by atoms with van der Waals surface area (Å²) in [7, 11) is 1.58. The lowest BCUT2D eigenvalue weighted by Gasteiger charge is -2.21. The standard InChI is InChI=1S/C11H15NO2/c1-7-9-6-10(13)11(14-2)5-8(9)3-4-12-7/h5-7,12-13H,3-4H2,1-2H3/p+1/t7-/m1/s1. The van der Waals surface area contributed by atoms with Gasteiger partial charge in [-0.1, -0.05) is 0 Å². The predicted octanol–water partition coefficient (Wildman–Crippen LogP) is 0.581. The molecule has 3 heteroatoms. The number of quaternary nitrogens is 1. The summed E-state index contributed by atoms with van der Waals surface area (Å²) in [6, 6.07) is 4.22. The molecule has 14 heavy (non-hydrogen) atoms. The maximum atomic E-state index is 9.65. The summed E-state index contributed by atoms with van der Waals surface area (Å²) in [5, 5.41) is 11.9. The van der Waals surface area contributed by atoms with Crippen LogP contribution in [-0.2, 0) is 6.42 Å². The van der Waals surface area contributed by atoms with E-state index in [4.69, 9.17) is 4.74 Å². The lowest BCUT2D eigenvalue weighted by molar-refractivity contribution is -0.695. The first-order chi connectivity index (χ1) is 6.72. The number of aromatic hydroxyl groups is 1. The van der Waals surface area contributed by atoms with Crippen molar-refractivity contribution in [1.29, 1.82) is 0 Å². The molecular formula is C11H16NO2+. The van der Waals surface area contributed by atoms with Gasteiger partial charge in [0.25, 0.3) is 0 Å². The molecule has 0 bridgehead atoms. The van der Waals surface area contributed by atoms with Gasteiger partial charge in [-0.25, -0.2) is 0 Å². The largest absolute Gasteiger partial charge is 0.504 e. The molecule has 0 radical (unpaired) electrons. The minimum absolute atomic E-state index is 0.244. The van der Waals surface area contributed by atoms with Crippen molar-refractivity contribution in [3.05, 3.63) is 23.3 Å². The molecule has 76 valence electrons. The molecule has 0 spiro atoms. The first-order valence-electron chi connectivity index (χ1n) is 4.95. The molecule has 0 unspecified atom stereocenters. The Labute approximate surface area is 83.7 Å². The van der Waals surface area contributed by atoms with Gasteiger partial charge in [-0.15, -0.1) is 0 Å². The second-order valence-corrected chi connectivity index (χ2v) is 3.79. The van der Waals surface area contributed by atoms with E-state index >= 15 is 0 Å². The molecule has 3 N–H and O–H groups in total. The molecule has 1 heterocycles. The molecule has 0 saturated carbocycles. The number of hydrogen-bond acceptors (Lipinski definition) is 2. The van der Waals surface area contributed by atoms with Gasteiger partial charge < -0.3 is 15.2 Å². The molecule has 1 aromatic carbocycles. The van der Waals surface area contributed by atoms with Crippen molar-refractivity contribution in [3.63, 3.8) is 0 Å². The van der Waals surface area contributed by atoms with Crippen molar-refractivity contribution in [2.75, 3.05) is 13.7 Å². The van der Waals surface area contributed by atoms with E-state index in [0.717, 1.165) is 13.0 Å². The summed E-state index contributed by atoms with van der Waals surface area (Å²) in [6.07, 6.45) is 1.05. The average Bonchev–Trinajstić information content (AvgIpc) is 2.19. The van der Waals surface area contributed by atoms with Crippen LogP contribution in [0.1, 0.15) is 24.1 Å². The maximum absolute atomic E-state index is 9.65. The van der Waals surface area contributed by atoms with E-state index in [1.807, 2.05) is 12.1 Å². The highest BCUT2D eigenvalue weighted by Crippen LogP contribution is 2.32. The average molecular weight is 194 g/mol. The van der Waals surface area contributed by atoms with Gasteiger partial charge in [0.2, 0.25) is 0 Å². The fourth-order valence-corrected chi connectivity index (χ4v) is 2.05. The number of phenols is 1. The van der Waals surface area contributed by atoms with Gasteiger partial charge in [0.15, 0.2) is 11.5 Å². The van der Waals surface area contributed by atoms with Crippen LogP contribution < -0.4 is 10.1 Å². The first-order valence-corrected chi connectivity index (χ1v) is 4.95. The zero-order chi connectivity index (χ0) is 10.1. The molecule has 1 atom stereocenters. The van der Waals surface area contributed by atoms with Crippen LogP contribution in [0.4, 0.5) is 0 Å². The monoisotopic (exact) mass is 194 g/mol. The first kappa shape index (κ1) is 9.34. The fraction of sp³-hybridized carbons (Fsp3) is 0.455. The Bertz CT molecular complexity index is 349. The minimum atomic E-state index is 0.244. The van der Waals surface area contributed by atoms with E-state index in [1.54, 1.807) is 7.11 Å². The van der Waals surface area contributed by atoms with Crippen molar-refractivity contribution in [1.82, 2.24) is 0 Å². The molecule has 0 fully saturated rings. The Morgan fingerprint density at radius 2 is 2.29 bits per heavy atom. The molecule has 0 saturated heterocycles. The molecule has 0 aromatic heterocycles. The molecule has 0 aliphatic carbocycles. The summed E-state index contributed by atoms with van der Waals surface area (Å²) in [6.45, 7) is 3.27. The van der Waals surface area contributed by atoms with Gasteiger partial charge in [-0.05, 0) is 24.6 Å².